The van der Waals surface area contributed by atoms with Crippen molar-refractivity contribution >= 4 is 5.91 Å². The van der Waals surface area contributed by atoms with Crippen LogP contribution in [0, 0.1) is 5.92 Å². The second kappa shape index (κ2) is 5.64. The summed E-state index contributed by atoms with van der Waals surface area (Å²) in [5.74, 6) is 0.411. The summed E-state index contributed by atoms with van der Waals surface area (Å²) in [7, 11) is 0. The van der Waals surface area contributed by atoms with E-state index >= 15 is 0 Å². The molecule has 1 amide bonds. The number of rotatable bonds is 5. The molecule has 2 aliphatic rings. The zero-order valence-corrected chi connectivity index (χ0v) is 9.86. The minimum absolute atomic E-state index is 0.110. The predicted octanol–water partition coefficient (Wildman–Crippen LogP) is 0.753. The number of amides is 1. The van der Waals surface area contributed by atoms with Gasteiger partial charge in [-0.2, -0.15) is 0 Å². The highest BCUT2D eigenvalue weighted by Crippen LogP contribution is 2.27. The summed E-state index contributed by atoms with van der Waals surface area (Å²) in [6, 6.07) is 0.486. The topological polar surface area (TPSA) is 55.6 Å². The van der Waals surface area contributed by atoms with Gasteiger partial charge in [-0.25, -0.2) is 0 Å². The summed E-state index contributed by atoms with van der Waals surface area (Å²) in [5.41, 5.74) is 5.53. The van der Waals surface area contributed by atoms with Crippen molar-refractivity contribution in [3.05, 3.63) is 0 Å². The van der Waals surface area contributed by atoms with Gasteiger partial charge >= 0.3 is 0 Å². The van der Waals surface area contributed by atoms with Crippen molar-refractivity contribution in [2.45, 2.75) is 38.1 Å². The summed E-state index contributed by atoms with van der Waals surface area (Å²) in [5, 5.41) is 0. The Hall–Kier alpha value is -0.610. The van der Waals surface area contributed by atoms with E-state index in [0.717, 1.165) is 26.0 Å². The maximum Gasteiger partial charge on any atom is 0.228 e. The largest absolute Gasteiger partial charge is 0.381 e. The van der Waals surface area contributed by atoms with Crippen molar-refractivity contribution in [2.75, 3.05) is 26.3 Å². The van der Waals surface area contributed by atoms with E-state index in [2.05, 4.69) is 4.90 Å². The van der Waals surface area contributed by atoms with Crippen molar-refractivity contribution in [1.29, 1.82) is 0 Å². The zero-order valence-electron chi connectivity index (χ0n) is 9.86. The normalized spacial score (nSPS) is 25.4. The Labute approximate surface area is 97.1 Å². The molecule has 0 aromatic rings. The molecular weight excluding hydrogens is 204 g/mol. The van der Waals surface area contributed by atoms with E-state index < -0.39 is 0 Å². The Bertz CT molecular complexity index is 235. The number of nitrogens with zero attached hydrogens (tertiary/aromatic N) is 1. The molecule has 2 N–H and O–H groups in total. The Morgan fingerprint density at radius 3 is 2.69 bits per heavy atom. The first-order chi connectivity index (χ1) is 7.83. The van der Waals surface area contributed by atoms with Gasteiger partial charge in [0.1, 0.15) is 0 Å². The molecule has 1 unspecified atom stereocenters. The molecule has 2 fully saturated rings. The van der Waals surface area contributed by atoms with Gasteiger partial charge in [-0.05, 0) is 38.6 Å². The molecule has 0 aromatic heterocycles. The maximum atomic E-state index is 12.3. The van der Waals surface area contributed by atoms with Crippen LogP contribution < -0.4 is 5.73 Å². The van der Waals surface area contributed by atoms with E-state index in [1.807, 2.05) is 0 Å². The van der Waals surface area contributed by atoms with Crippen LogP contribution in [0.3, 0.4) is 0 Å². The van der Waals surface area contributed by atoms with E-state index in [-0.39, 0.29) is 5.92 Å². The number of nitrogens with two attached hydrogens (primary N) is 1. The van der Waals surface area contributed by atoms with Gasteiger partial charge in [-0.1, -0.05) is 0 Å². The van der Waals surface area contributed by atoms with Gasteiger partial charge in [0.2, 0.25) is 5.91 Å². The Morgan fingerprint density at radius 1 is 1.38 bits per heavy atom. The summed E-state index contributed by atoms with van der Waals surface area (Å²) in [4.78, 5) is 14.4. The minimum atomic E-state index is 0.110. The molecule has 16 heavy (non-hydrogen) atoms. The van der Waals surface area contributed by atoms with Crippen LogP contribution in [-0.4, -0.2) is 43.2 Å². The second-order valence-electron chi connectivity index (χ2n) is 4.82. The lowest BCUT2D eigenvalue weighted by atomic mass is 9.90. The van der Waals surface area contributed by atoms with Gasteiger partial charge < -0.3 is 15.4 Å². The molecular formula is C12H22N2O2. The van der Waals surface area contributed by atoms with Crippen molar-refractivity contribution in [3.8, 4) is 0 Å². The van der Waals surface area contributed by atoms with Crippen molar-refractivity contribution in [3.63, 3.8) is 0 Å². The highest BCUT2D eigenvalue weighted by atomic mass is 16.5. The smallest absolute Gasteiger partial charge is 0.228 e. The summed E-state index contributed by atoms with van der Waals surface area (Å²) < 4.78 is 5.29. The molecule has 1 aliphatic heterocycles. The summed E-state index contributed by atoms with van der Waals surface area (Å²) >= 11 is 0. The molecule has 2 rings (SSSR count). The van der Waals surface area contributed by atoms with E-state index in [1.165, 1.54) is 19.3 Å². The van der Waals surface area contributed by atoms with Crippen molar-refractivity contribution < 1.29 is 9.53 Å². The number of ether oxygens (including phenoxy) is 1. The zero-order chi connectivity index (χ0) is 11.4. The Kier molecular flexibility index (Phi) is 4.18. The molecule has 1 heterocycles. The van der Waals surface area contributed by atoms with Crippen LogP contribution in [-0.2, 0) is 9.53 Å². The third-order valence-corrected chi connectivity index (χ3v) is 3.68. The first-order valence-corrected chi connectivity index (χ1v) is 6.41. The molecule has 0 bridgehead atoms. The van der Waals surface area contributed by atoms with Gasteiger partial charge in [0, 0.05) is 19.2 Å². The quantitative estimate of drug-likeness (QED) is 0.752. The van der Waals surface area contributed by atoms with E-state index in [4.69, 9.17) is 10.5 Å². The van der Waals surface area contributed by atoms with Gasteiger partial charge in [-0.3, -0.25) is 4.79 Å². The van der Waals surface area contributed by atoms with Crippen LogP contribution in [0.5, 0.6) is 0 Å². The van der Waals surface area contributed by atoms with Crippen LogP contribution in [0.1, 0.15) is 32.1 Å². The monoisotopic (exact) mass is 226 g/mol. The van der Waals surface area contributed by atoms with E-state index in [9.17, 15) is 4.79 Å². The second-order valence-corrected chi connectivity index (χ2v) is 4.82. The highest BCUT2D eigenvalue weighted by molar-refractivity contribution is 5.79. The van der Waals surface area contributed by atoms with Gasteiger partial charge in [0.25, 0.3) is 0 Å². The lowest BCUT2D eigenvalue weighted by Crippen LogP contribution is -2.47. The lowest BCUT2D eigenvalue weighted by molar-refractivity contribution is -0.139. The van der Waals surface area contributed by atoms with Gasteiger partial charge in [-0.15, -0.1) is 0 Å². The molecule has 0 spiro atoms. The number of carbonyl (C=O) groups excluding carboxylic acids is 1. The minimum Gasteiger partial charge on any atom is -0.381 e. The van der Waals surface area contributed by atoms with Crippen LogP contribution >= 0.6 is 0 Å². The van der Waals surface area contributed by atoms with Gasteiger partial charge in [0.15, 0.2) is 0 Å². The molecule has 1 atom stereocenters. The van der Waals surface area contributed by atoms with Crippen LogP contribution in [0.2, 0.25) is 0 Å². The molecule has 1 saturated heterocycles. The average Bonchev–Trinajstić information content (AvgIpc) is 2.73. The standard InChI is InChI=1S/C12H22N2O2/c13-6-2-7-14(11-3-1-4-11)12(15)10-5-8-16-9-10/h10-11H,1-9,13H2. The molecule has 0 radical (unpaired) electrons. The van der Waals surface area contributed by atoms with E-state index in [0.29, 0.717) is 25.1 Å². The molecule has 4 nitrogen and oxygen atoms in total. The third kappa shape index (κ3) is 2.55. The van der Waals surface area contributed by atoms with Gasteiger partial charge in [0.05, 0.1) is 12.5 Å². The molecule has 1 saturated carbocycles. The lowest BCUT2D eigenvalue weighted by Gasteiger charge is -2.38. The fraction of sp³-hybridized carbons (Fsp3) is 0.917. The van der Waals surface area contributed by atoms with Crippen molar-refractivity contribution in [2.24, 2.45) is 11.7 Å². The highest BCUT2D eigenvalue weighted by Gasteiger charge is 2.33. The average molecular weight is 226 g/mol. The Morgan fingerprint density at radius 2 is 2.19 bits per heavy atom. The fourth-order valence-electron chi connectivity index (χ4n) is 2.40. The number of hydrogen-bond donors (Lipinski definition) is 1. The Balaban J connectivity index is 1.90. The summed E-state index contributed by atoms with van der Waals surface area (Å²) in [6.45, 7) is 2.85. The SMILES string of the molecule is NCCCN(C(=O)C1CCOC1)C1CCC1. The van der Waals surface area contributed by atoms with Crippen molar-refractivity contribution in [1.82, 2.24) is 4.90 Å². The third-order valence-electron chi connectivity index (χ3n) is 3.68. The maximum absolute atomic E-state index is 12.3. The van der Waals surface area contributed by atoms with E-state index in [1.54, 1.807) is 0 Å². The molecule has 1 aliphatic carbocycles. The van der Waals surface area contributed by atoms with Crippen LogP contribution in [0.25, 0.3) is 0 Å². The first-order valence-electron chi connectivity index (χ1n) is 6.41. The molecule has 4 heteroatoms. The number of hydrogen-bond acceptors (Lipinski definition) is 3. The van der Waals surface area contributed by atoms with Crippen LogP contribution in [0.15, 0.2) is 0 Å². The fourth-order valence-corrected chi connectivity index (χ4v) is 2.40. The van der Waals surface area contributed by atoms with Crippen LogP contribution in [0.4, 0.5) is 0 Å². The molecule has 92 valence electrons. The summed E-state index contributed by atoms with van der Waals surface area (Å²) in [6.07, 6.45) is 5.41. The molecule has 0 aromatic carbocycles. The first kappa shape index (κ1) is 11.9. The predicted molar refractivity (Wildman–Crippen MR) is 61.9 cm³/mol. The number of carbonyl (C=O) groups is 1.